The van der Waals surface area contributed by atoms with Crippen LogP contribution in [0.2, 0.25) is 0 Å². The van der Waals surface area contributed by atoms with E-state index in [0.717, 1.165) is 0 Å². The van der Waals surface area contributed by atoms with Crippen molar-refractivity contribution in [2.75, 3.05) is 0 Å². The molecule has 0 rings (SSSR count). The van der Waals surface area contributed by atoms with Crippen LogP contribution >= 0.6 is 0 Å². The van der Waals surface area contributed by atoms with Gasteiger partial charge in [-0.15, -0.1) is 0 Å². The molecule has 5 nitrogen and oxygen atoms in total. The molecule has 3 radical (unpaired) electrons. The third kappa shape index (κ3) is 119. The van der Waals surface area contributed by atoms with Crippen LogP contribution in [-0.4, -0.2) is 0 Å². The van der Waals surface area contributed by atoms with Crippen molar-refractivity contribution < 1.29 is 84.2 Å². The molecule has 0 amide bonds. The molecule has 0 saturated heterocycles. The molecule has 0 aliphatic carbocycles. The molecule has 63 valence electrons. The van der Waals surface area contributed by atoms with E-state index in [-0.39, 0.29) is 115 Å². The third-order valence-corrected chi connectivity index (χ3v) is 0. The fourth-order valence-electron chi connectivity index (χ4n) is 0. The van der Waals surface area contributed by atoms with Gasteiger partial charge in [-0.3, -0.25) is 0 Å². The number of rotatable bonds is 0. The summed E-state index contributed by atoms with van der Waals surface area (Å²) >= 11 is 0. The molecule has 0 heterocycles. The van der Waals surface area contributed by atoms with Gasteiger partial charge in [0.15, 0.2) is 0 Å². The Labute approximate surface area is 114 Å². The Morgan fingerprint density at radius 3 is 0.333 bits per heavy atom. The average Bonchev–Trinajstić information content (AvgIpc) is 0. The minimum absolute atomic E-state index is 0. The zero-order valence-electron chi connectivity index (χ0n) is 5.23. The maximum Gasteiger partial charge on any atom is 0 e. The van der Waals surface area contributed by atoms with Gasteiger partial charge in [0.05, 0.1) is 0 Å². The molecule has 9 heavy (non-hydrogen) atoms. The minimum atomic E-state index is 0. The molecule has 0 unspecified atom stereocenters. The quantitative estimate of drug-likeness (QED) is 0.237. The van der Waals surface area contributed by atoms with Crippen LogP contribution in [0.1, 0.15) is 0 Å². The molecule has 9 heteroatoms. The van der Waals surface area contributed by atoms with Gasteiger partial charge in [-0.1, -0.05) is 0 Å². The summed E-state index contributed by atoms with van der Waals surface area (Å²) in [5, 5.41) is 0. The molecule has 0 bridgehead atoms. The zero-order chi connectivity index (χ0) is 0. The predicted molar refractivity (Wildman–Crippen MR) is 25.1 cm³/mol. The molecule has 0 saturated carbocycles. The number of hydrogen-bond acceptors (Lipinski definition) is 5. The van der Waals surface area contributed by atoms with Gasteiger partial charge < -0.3 is 30.8 Å². The molecule has 0 fully saturated rings. The first-order valence-electron chi connectivity index (χ1n) is 0. The topological polar surface area (TPSA) is 175 Å². The largest absolute Gasteiger partial charge is 0.344 e. The summed E-state index contributed by atoms with van der Waals surface area (Å²) in [5.41, 5.74) is 0. The van der Waals surface area contributed by atoms with Crippen molar-refractivity contribution in [1.29, 1.82) is 0 Å². The SMILES string of the molecule is N.N.N.N.N.[Fe].[Ta].[Ta].[Ta]. The van der Waals surface area contributed by atoms with Gasteiger partial charge in [0.2, 0.25) is 0 Å². The van der Waals surface area contributed by atoms with Gasteiger partial charge in [-0.2, -0.15) is 0 Å². The van der Waals surface area contributed by atoms with Crippen LogP contribution in [0.5, 0.6) is 0 Å². The second kappa shape index (κ2) is 149. The van der Waals surface area contributed by atoms with E-state index in [4.69, 9.17) is 0 Å². The Morgan fingerprint density at radius 1 is 0.333 bits per heavy atom. The molecule has 0 aromatic carbocycles. The van der Waals surface area contributed by atoms with E-state index in [9.17, 15) is 0 Å². The monoisotopic (exact) mass is 684 g/mol. The van der Waals surface area contributed by atoms with Crippen molar-refractivity contribution in [2.45, 2.75) is 0 Å². The zero-order valence-corrected chi connectivity index (χ0v) is 16.0. The molecular formula is H15FeN5Ta3. The first-order valence-corrected chi connectivity index (χ1v) is 0. The van der Waals surface area contributed by atoms with Crippen LogP contribution in [0.4, 0.5) is 0 Å². The van der Waals surface area contributed by atoms with Crippen LogP contribution in [0.25, 0.3) is 0 Å². The summed E-state index contributed by atoms with van der Waals surface area (Å²) in [4.78, 5) is 0. The fraction of sp³-hybridized carbons (Fsp3) is 0. The molecule has 0 spiro atoms. The summed E-state index contributed by atoms with van der Waals surface area (Å²) in [6.07, 6.45) is 0. The van der Waals surface area contributed by atoms with Crippen molar-refractivity contribution in [3.8, 4) is 0 Å². The van der Waals surface area contributed by atoms with Crippen molar-refractivity contribution in [3.63, 3.8) is 0 Å². The van der Waals surface area contributed by atoms with Crippen molar-refractivity contribution in [2.24, 2.45) is 0 Å². The van der Waals surface area contributed by atoms with E-state index < -0.39 is 0 Å². The van der Waals surface area contributed by atoms with Crippen LogP contribution in [0.3, 0.4) is 0 Å². The summed E-state index contributed by atoms with van der Waals surface area (Å²) in [5.74, 6) is 0. The Kier molecular flexibility index (Phi) is 3280. The second-order valence-electron chi connectivity index (χ2n) is 0. The standard InChI is InChI=1S/Fe.5H3N.3Ta/h;5*1H3;;;. The molecular weight excluding hydrogens is 669 g/mol. The molecule has 0 aliphatic heterocycles. The minimum Gasteiger partial charge on any atom is -0.344 e. The summed E-state index contributed by atoms with van der Waals surface area (Å²) in [7, 11) is 0. The average molecular weight is 684 g/mol. The van der Waals surface area contributed by atoms with Gasteiger partial charge in [0.1, 0.15) is 0 Å². The first kappa shape index (κ1) is 199. The molecule has 0 aromatic rings. The Morgan fingerprint density at radius 2 is 0.333 bits per heavy atom. The Bertz CT molecular complexity index is 12.2. The van der Waals surface area contributed by atoms with Gasteiger partial charge in [0, 0.05) is 84.2 Å². The normalized spacial score (nSPS) is 0. The van der Waals surface area contributed by atoms with E-state index in [2.05, 4.69) is 0 Å². The summed E-state index contributed by atoms with van der Waals surface area (Å²) in [6, 6.07) is 0. The second-order valence-corrected chi connectivity index (χ2v) is 0. The van der Waals surface area contributed by atoms with Gasteiger partial charge in [-0.05, 0) is 0 Å². The smallest absolute Gasteiger partial charge is 0 e. The van der Waals surface area contributed by atoms with Crippen molar-refractivity contribution in [3.05, 3.63) is 0 Å². The third-order valence-electron chi connectivity index (χ3n) is 0. The van der Waals surface area contributed by atoms with Crippen LogP contribution in [0, 0.1) is 0 Å². The predicted octanol–water partition coefficient (Wildman–Crippen LogP) is 0.800. The summed E-state index contributed by atoms with van der Waals surface area (Å²) in [6.45, 7) is 0. The Balaban J connectivity index is 0. The maximum atomic E-state index is 0. The summed E-state index contributed by atoms with van der Waals surface area (Å²) < 4.78 is 0. The van der Waals surface area contributed by atoms with E-state index in [1.807, 2.05) is 0 Å². The van der Waals surface area contributed by atoms with Gasteiger partial charge in [-0.25, -0.2) is 0 Å². The van der Waals surface area contributed by atoms with E-state index in [1.54, 1.807) is 0 Å². The Hall–Kier alpha value is 2.54. The first-order chi connectivity index (χ1) is 0. The molecule has 0 aromatic heterocycles. The van der Waals surface area contributed by atoms with E-state index >= 15 is 0 Å². The van der Waals surface area contributed by atoms with E-state index in [0.29, 0.717) is 0 Å². The molecule has 15 N–H and O–H groups in total. The molecule has 0 atom stereocenters. The molecule has 0 aliphatic rings. The van der Waals surface area contributed by atoms with Crippen LogP contribution < -0.4 is 30.8 Å². The fourth-order valence-corrected chi connectivity index (χ4v) is 0. The van der Waals surface area contributed by atoms with Gasteiger partial charge >= 0.3 is 0 Å². The van der Waals surface area contributed by atoms with Crippen molar-refractivity contribution >= 4 is 0 Å². The van der Waals surface area contributed by atoms with Crippen LogP contribution in [0.15, 0.2) is 0 Å². The van der Waals surface area contributed by atoms with Crippen molar-refractivity contribution in [1.82, 2.24) is 30.8 Å². The number of hydrogen-bond donors (Lipinski definition) is 5. The maximum absolute atomic E-state index is 0. The van der Waals surface area contributed by atoms with E-state index in [1.165, 1.54) is 0 Å². The van der Waals surface area contributed by atoms with Gasteiger partial charge in [0.25, 0.3) is 0 Å². The van der Waals surface area contributed by atoms with Crippen LogP contribution in [-0.2, 0) is 84.2 Å².